The van der Waals surface area contributed by atoms with Gasteiger partial charge in [0.25, 0.3) is 0 Å². The first-order valence-corrected chi connectivity index (χ1v) is 7.07. The normalized spacial score (nSPS) is 31.7. The zero-order valence-electron chi connectivity index (χ0n) is 12.2. The summed E-state index contributed by atoms with van der Waals surface area (Å²) in [5, 5.41) is 3.46. The van der Waals surface area contributed by atoms with Crippen molar-refractivity contribution >= 4 is 0 Å². The molecule has 0 saturated carbocycles. The van der Waals surface area contributed by atoms with E-state index in [0.717, 1.165) is 13.0 Å². The summed E-state index contributed by atoms with van der Waals surface area (Å²) in [6.07, 6.45) is 0.746. The molecular weight excluding hydrogens is 241 g/mol. The van der Waals surface area contributed by atoms with E-state index in [1.54, 1.807) is 6.07 Å². The maximum absolute atomic E-state index is 14.0. The van der Waals surface area contributed by atoms with Crippen LogP contribution < -0.4 is 5.32 Å². The summed E-state index contributed by atoms with van der Waals surface area (Å²) in [5.41, 5.74) is 0.422. The number of morpholine rings is 1. The second-order valence-electron chi connectivity index (χ2n) is 6.28. The molecule has 1 aromatic rings. The van der Waals surface area contributed by atoms with E-state index in [1.807, 2.05) is 19.1 Å². The van der Waals surface area contributed by atoms with Gasteiger partial charge in [0.1, 0.15) is 11.9 Å². The number of benzene rings is 1. The van der Waals surface area contributed by atoms with Crippen LogP contribution in [0.25, 0.3) is 0 Å². The second kappa shape index (κ2) is 5.59. The van der Waals surface area contributed by atoms with Gasteiger partial charge in [-0.05, 0) is 32.3 Å². The maximum Gasteiger partial charge on any atom is 0.129 e. The minimum absolute atomic E-state index is 0.122. The average Bonchev–Trinajstić information content (AvgIpc) is 2.32. The van der Waals surface area contributed by atoms with E-state index < -0.39 is 0 Å². The zero-order chi connectivity index (χ0) is 14.0. The van der Waals surface area contributed by atoms with E-state index in [2.05, 4.69) is 26.1 Å². The van der Waals surface area contributed by atoms with Crippen LogP contribution in [0.3, 0.4) is 0 Å². The number of nitrogens with one attached hydrogen (secondary N) is 1. The van der Waals surface area contributed by atoms with E-state index in [1.165, 1.54) is 6.07 Å². The molecule has 2 nitrogen and oxygen atoms in total. The van der Waals surface area contributed by atoms with E-state index in [4.69, 9.17) is 4.74 Å². The topological polar surface area (TPSA) is 21.3 Å². The summed E-state index contributed by atoms with van der Waals surface area (Å²) in [4.78, 5) is 0. The summed E-state index contributed by atoms with van der Waals surface area (Å²) in [5.74, 6) is 0.372. The highest BCUT2D eigenvalue weighted by molar-refractivity contribution is 5.22. The number of hydrogen-bond acceptors (Lipinski definition) is 2. The van der Waals surface area contributed by atoms with Crippen molar-refractivity contribution in [2.24, 2.45) is 5.92 Å². The fraction of sp³-hybridized carbons (Fsp3) is 0.625. The van der Waals surface area contributed by atoms with Gasteiger partial charge >= 0.3 is 0 Å². The quantitative estimate of drug-likeness (QED) is 0.900. The highest BCUT2D eigenvalue weighted by Gasteiger charge is 2.38. The summed E-state index contributed by atoms with van der Waals surface area (Å²) in [6, 6.07) is 7.02. The summed E-state index contributed by atoms with van der Waals surface area (Å²) in [6.45, 7) is 9.35. The summed E-state index contributed by atoms with van der Waals surface area (Å²) in [7, 11) is 0. The van der Waals surface area contributed by atoms with Crippen LogP contribution >= 0.6 is 0 Å². The van der Waals surface area contributed by atoms with E-state index >= 15 is 0 Å². The molecule has 1 aliphatic rings. The Labute approximate surface area is 115 Å². The van der Waals surface area contributed by atoms with Gasteiger partial charge in [-0.15, -0.1) is 0 Å². The molecule has 1 heterocycles. The van der Waals surface area contributed by atoms with Crippen LogP contribution in [0.2, 0.25) is 0 Å². The van der Waals surface area contributed by atoms with Crippen molar-refractivity contribution in [1.82, 2.24) is 5.32 Å². The van der Waals surface area contributed by atoms with Crippen LogP contribution in [0.5, 0.6) is 0 Å². The smallest absolute Gasteiger partial charge is 0.129 e. The molecule has 1 fully saturated rings. The van der Waals surface area contributed by atoms with Gasteiger partial charge in [-0.3, -0.25) is 0 Å². The minimum Gasteiger partial charge on any atom is -0.364 e. The predicted molar refractivity (Wildman–Crippen MR) is 75.6 cm³/mol. The molecule has 1 saturated heterocycles. The number of ether oxygens (including phenoxy) is 1. The molecule has 19 heavy (non-hydrogen) atoms. The third-order valence-corrected chi connectivity index (χ3v) is 3.72. The van der Waals surface area contributed by atoms with Crippen LogP contribution in [-0.4, -0.2) is 18.2 Å². The first-order valence-electron chi connectivity index (χ1n) is 7.07. The van der Waals surface area contributed by atoms with Crippen molar-refractivity contribution in [3.05, 3.63) is 35.6 Å². The highest BCUT2D eigenvalue weighted by Crippen LogP contribution is 2.35. The third kappa shape index (κ3) is 3.34. The molecule has 0 bridgehead atoms. The molecule has 3 unspecified atom stereocenters. The predicted octanol–water partition coefficient (Wildman–Crippen LogP) is 3.68. The van der Waals surface area contributed by atoms with Gasteiger partial charge in [-0.1, -0.05) is 32.0 Å². The monoisotopic (exact) mass is 265 g/mol. The molecule has 0 amide bonds. The average molecular weight is 265 g/mol. The van der Waals surface area contributed by atoms with Gasteiger partial charge in [-0.25, -0.2) is 4.39 Å². The van der Waals surface area contributed by atoms with Crippen LogP contribution in [0.15, 0.2) is 24.3 Å². The Hall–Kier alpha value is -0.930. The summed E-state index contributed by atoms with van der Waals surface area (Å²) < 4.78 is 20.2. The van der Waals surface area contributed by atoms with Gasteiger partial charge in [0.05, 0.1) is 5.60 Å². The third-order valence-electron chi connectivity index (χ3n) is 3.72. The zero-order valence-corrected chi connectivity index (χ0v) is 12.2. The highest BCUT2D eigenvalue weighted by atomic mass is 19.1. The van der Waals surface area contributed by atoms with Crippen molar-refractivity contribution in [1.29, 1.82) is 0 Å². The van der Waals surface area contributed by atoms with Gasteiger partial charge in [0.2, 0.25) is 0 Å². The molecular formula is C16H24FNO. The van der Waals surface area contributed by atoms with Crippen LogP contribution in [0, 0.1) is 11.7 Å². The van der Waals surface area contributed by atoms with Gasteiger partial charge < -0.3 is 10.1 Å². The largest absolute Gasteiger partial charge is 0.364 e. The molecule has 1 aromatic carbocycles. The summed E-state index contributed by atoms with van der Waals surface area (Å²) >= 11 is 0. The SMILES string of the molecule is CC(C)CC1(C)CNC(C)C(c2ccccc2F)O1. The molecule has 0 aromatic heterocycles. The first kappa shape index (κ1) is 14.5. The Balaban J connectivity index is 2.22. The van der Waals surface area contributed by atoms with Crippen molar-refractivity contribution in [3.63, 3.8) is 0 Å². The number of halogens is 1. The molecule has 2 rings (SSSR count). The van der Waals surface area contributed by atoms with Crippen molar-refractivity contribution < 1.29 is 9.13 Å². The van der Waals surface area contributed by atoms with Gasteiger partial charge in [0.15, 0.2) is 0 Å². The van der Waals surface area contributed by atoms with Crippen LogP contribution in [-0.2, 0) is 4.74 Å². The molecule has 3 heteroatoms. The fourth-order valence-electron chi connectivity index (χ4n) is 2.96. The van der Waals surface area contributed by atoms with E-state index in [0.29, 0.717) is 11.5 Å². The number of hydrogen-bond donors (Lipinski definition) is 1. The van der Waals surface area contributed by atoms with Gasteiger partial charge in [-0.2, -0.15) is 0 Å². The van der Waals surface area contributed by atoms with Crippen LogP contribution in [0.4, 0.5) is 4.39 Å². The molecule has 1 aliphatic heterocycles. The molecule has 0 aliphatic carbocycles. The first-order chi connectivity index (χ1) is 8.91. The number of rotatable bonds is 3. The van der Waals surface area contributed by atoms with Gasteiger partial charge in [0, 0.05) is 18.2 Å². The standard InChI is InChI=1S/C16H24FNO/c1-11(2)9-16(4)10-18-12(3)15(19-16)13-7-5-6-8-14(13)17/h5-8,11-12,15,18H,9-10H2,1-4H3. The van der Waals surface area contributed by atoms with E-state index in [9.17, 15) is 4.39 Å². The van der Waals surface area contributed by atoms with Crippen molar-refractivity contribution in [3.8, 4) is 0 Å². The Morgan fingerprint density at radius 1 is 1.42 bits per heavy atom. The van der Waals surface area contributed by atoms with Crippen molar-refractivity contribution in [2.75, 3.05) is 6.54 Å². The molecule has 3 atom stereocenters. The Morgan fingerprint density at radius 2 is 2.11 bits per heavy atom. The Kier molecular flexibility index (Phi) is 4.26. The Bertz CT molecular complexity index is 435. The van der Waals surface area contributed by atoms with E-state index in [-0.39, 0.29) is 23.6 Å². The molecule has 0 spiro atoms. The molecule has 1 N–H and O–H groups in total. The molecule has 0 radical (unpaired) electrons. The van der Waals surface area contributed by atoms with Crippen molar-refractivity contribution in [2.45, 2.75) is 51.9 Å². The lowest BCUT2D eigenvalue weighted by molar-refractivity contribution is -0.134. The second-order valence-corrected chi connectivity index (χ2v) is 6.28. The van der Waals surface area contributed by atoms with Crippen LogP contribution in [0.1, 0.15) is 45.8 Å². The maximum atomic E-state index is 14.0. The molecule has 106 valence electrons. The lowest BCUT2D eigenvalue weighted by Gasteiger charge is -2.44. The minimum atomic E-state index is -0.229. The lowest BCUT2D eigenvalue weighted by atomic mass is 9.89. The lowest BCUT2D eigenvalue weighted by Crippen LogP contribution is -2.53. The Morgan fingerprint density at radius 3 is 2.74 bits per heavy atom. The fourth-order valence-corrected chi connectivity index (χ4v) is 2.96.